The summed E-state index contributed by atoms with van der Waals surface area (Å²) in [6.07, 6.45) is 1.60. The van der Waals surface area contributed by atoms with Crippen molar-refractivity contribution in [2.24, 2.45) is 0 Å². The topological polar surface area (TPSA) is 150 Å². The summed E-state index contributed by atoms with van der Waals surface area (Å²) in [6.45, 7) is 0. The van der Waals surface area contributed by atoms with Gasteiger partial charge < -0.3 is 5.11 Å². The summed E-state index contributed by atoms with van der Waals surface area (Å²) in [5.74, 6) is 0. The summed E-state index contributed by atoms with van der Waals surface area (Å²) in [4.78, 5) is 27.9. The van der Waals surface area contributed by atoms with Crippen LogP contribution in [0.3, 0.4) is 0 Å². The van der Waals surface area contributed by atoms with Crippen molar-refractivity contribution in [3.8, 4) is 0 Å². The van der Waals surface area contributed by atoms with E-state index >= 15 is 0 Å². The normalized spacial score (nSPS) is 28.3. The molecule has 0 amide bonds. The van der Waals surface area contributed by atoms with Crippen LogP contribution < -0.4 is 0 Å². The van der Waals surface area contributed by atoms with Crippen molar-refractivity contribution in [3.63, 3.8) is 0 Å². The van der Waals surface area contributed by atoms with Gasteiger partial charge in [-0.25, -0.2) is 0 Å². The zero-order valence-electron chi connectivity index (χ0n) is 7.55. The van der Waals surface area contributed by atoms with Crippen molar-refractivity contribution >= 4 is 0 Å². The van der Waals surface area contributed by atoms with E-state index in [4.69, 9.17) is 0 Å². The minimum atomic E-state index is -3.10. The van der Waals surface area contributed by atoms with Gasteiger partial charge in [0.05, 0.1) is 9.85 Å². The molecular weight excluding hydrogens is 226 g/mol. The maximum Gasteiger partial charge on any atom is 0.419 e. The lowest BCUT2D eigenvalue weighted by Crippen LogP contribution is -2.52. The van der Waals surface area contributed by atoms with Crippen LogP contribution in [-0.2, 0) is 0 Å². The van der Waals surface area contributed by atoms with Crippen LogP contribution in [0.1, 0.15) is 0 Å². The van der Waals surface area contributed by atoms with Crippen molar-refractivity contribution in [3.05, 3.63) is 54.3 Å². The van der Waals surface area contributed by atoms with Crippen molar-refractivity contribution in [2.75, 3.05) is 0 Å². The number of rotatable bonds is 3. The fraction of sp³-hybridized carbons (Fsp3) is 0.333. The first-order valence-electron chi connectivity index (χ1n) is 3.85. The zero-order chi connectivity index (χ0) is 12.5. The van der Waals surface area contributed by atoms with Crippen molar-refractivity contribution < 1.29 is 19.9 Å². The third-order valence-corrected chi connectivity index (χ3v) is 1.98. The van der Waals surface area contributed by atoms with Gasteiger partial charge in [0.25, 0.3) is 5.70 Å². The SMILES string of the molecule is O=[N+]([O-])C1=CC(O)([N+](=O)[O-])C([N+](=O)[O-])C=C1. The molecule has 0 saturated heterocycles. The smallest absolute Gasteiger partial charge is 0.321 e. The number of hydrogen-bond acceptors (Lipinski definition) is 7. The van der Waals surface area contributed by atoms with Gasteiger partial charge in [-0.15, -0.1) is 0 Å². The minimum Gasteiger partial charge on any atom is -0.321 e. The highest BCUT2D eigenvalue weighted by molar-refractivity contribution is 5.24. The molecule has 0 radical (unpaired) electrons. The highest BCUT2D eigenvalue weighted by Crippen LogP contribution is 2.24. The van der Waals surface area contributed by atoms with Gasteiger partial charge in [0.15, 0.2) is 0 Å². The fourth-order valence-electron chi connectivity index (χ4n) is 1.18. The minimum absolute atomic E-state index is 0.250. The average Bonchev–Trinajstić information content (AvgIpc) is 2.16. The Morgan fingerprint density at radius 2 is 1.81 bits per heavy atom. The molecule has 0 bridgehead atoms. The number of aliphatic hydroxyl groups is 1. The van der Waals surface area contributed by atoms with E-state index in [0.717, 1.165) is 6.08 Å². The molecule has 0 aliphatic heterocycles. The highest BCUT2D eigenvalue weighted by Gasteiger charge is 2.57. The maximum absolute atomic E-state index is 10.5. The Kier molecular flexibility index (Phi) is 2.68. The van der Waals surface area contributed by atoms with Crippen LogP contribution in [0.2, 0.25) is 0 Å². The second kappa shape index (κ2) is 3.66. The number of nitrogens with zero attached hydrogens (tertiary/aromatic N) is 3. The van der Waals surface area contributed by atoms with Gasteiger partial charge in [-0.3, -0.25) is 30.3 Å². The number of allylic oxidation sites excluding steroid dienone is 1. The Balaban J connectivity index is 3.26. The average molecular weight is 231 g/mol. The molecular formula is C6H5N3O7. The molecule has 1 aliphatic carbocycles. The van der Waals surface area contributed by atoms with Crippen LogP contribution in [-0.4, -0.2) is 31.6 Å². The van der Waals surface area contributed by atoms with Gasteiger partial charge in [0, 0.05) is 17.1 Å². The summed E-state index contributed by atoms with van der Waals surface area (Å²) in [7, 11) is 0. The van der Waals surface area contributed by atoms with Crippen LogP contribution in [0.5, 0.6) is 0 Å². The third kappa shape index (κ3) is 1.72. The molecule has 1 rings (SSSR count). The molecule has 1 N–H and O–H groups in total. The van der Waals surface area contributed by atoms with Gasteiger partial charge in [0.1, 0.15) is 6.08 Å². The summed E-state index contributed by atoms with van der Waals surface area (Å²) in [6, 6.07) is -2.05. The molecule has 0 spiro atoms. The molecule has 0 fully saturated rings. The first-order chi connectivity index (χ1) is 7.29. The largest absolute Gasteiger partial charge is 0.419 e. The first-order valence-corrected chi connectivity index (χ1v) is 3.85. The van der Waals surface area contributed by atoms with E-state index < -0.39 is 32.2 Å². The van der Waals surface area contributed by atoms with Crippen LogP contribution >= 0.6 is 0 Å². The van der Waals surface area contributed by atoms with E-state index in [-0.39, 0.29) is 6.08 Å². The fourth-order valence-corrected chi connectivity index (χ4v) is 1.18. The third-order valence-electron chi connectivity index (χ3n) is 1.98. The predicted molar refractivity (Wildman–Crippen MR) is 46.9 cm³/mol. The molecule has 16 heavy (non-hydrogen) atoms. The maximum atomic E-state index is 10.5. The molecule has 0 aromatic heterocycles. The van der Waals surface area contributed by atoms with Crippen LogP contribution in [0.4, 0.5) is 0 Å². The van der Waals surface area contributed by atoms with Crippen molar-refractivity contribution in [1.82, 2.24) is 0 Å². The Morgan fingerprint density at radius 1 is 1.25 bits per heavy atom. The monoisotopic (exact) mass is 231 g/mol. The Morgan fingerprint density at radius 3 is 2.19 bits per heavy atom. The molecule has 2 atom stereocenters. The lowest BCUT2D eigenvalue weighted by atomic mass is 9.98. The van der Waals surface area contributed by atoms with Crippen LogP contribution in [0.15, 0.2) is 23.9 Å². The highest BCUT2D eigenvalue weighted by atomic mass is 16.7. The van der Waals surface area contributed by atoms with Gasteiger partial charge in [-0.2, -0.15) is 0 Å². The van der Waals surface area contributed by atoms with Crippen molar-refractivity contribution in [2.45, 2.75) is 11.8 Å². The van der Waals surface area contributed by atoms with E-state index in [1.165, 1.54) is 0 Å². The Bertz CT molecular complexity index is 428. The number of nitro groups is 3. The lowest BCUT2D eigenvalue weighted by molar-refractivity contribution is -0.676. The number of hydrogen-bond donors (Lipinski definition) is 1. The van der Waals surface area contributed by atoms with E-state index in [0.29, 0.717) is 6.08 Å². The van der Waals surface area contributed by atoms with Gasteiger partial charge >= 0.3 is 11.8 Å². The lowest BCUT2D eigenvalue weighted by Gasteiger charge is -2.18. The molecule has 86 valence electrons. The molecule has 0 aromatic rings. The molecule has 0 heterocycles. The summed E-state index contributed by atoms with van der Waals surface area (Å²) >= 11 is 0. The first kappa shape index (κ1) is 11.7. The Hall–Kier alpha value is -2.36. The summed E-state index contributed by atoms with van der Waals surface area (Å²) in [5.41, 5.74) is -3.86. The van der Waals surface area contributed by atoms with E-state index in [1.54, 1.807) is 0 Å². The van der Waals surface area contributed by atoms with E-state index in [9.17, 15) is 35.4 Å². The standard InChI is InChI=1S/C6H5N3O7/c10-6(9(15)16)3-4(7(11)12)1-2-5(6)8(13)14/h1-3,5,10H. The van der Waals surface area contributed by atoms with Gasteiger partial charge in [-0.1, -0.05) is 0 Å². The molecule has 10 heteroatoms. The van der Waals surface area contributed by atoms with E-state index in [1.807, 2.05) is 0 Å². The molecule has 10 nitrogen and oxygen atoms in total. The predicted octanol–water partition coefficient (Wildman–Crippen LogP) is -0.673. The molecule has 2 unspecified atom stereocenters. The van der Waals surface area contributed by atoms with Gasteiger partial charge in [0.2, 0.25) is 0 Å². The summed E-state index contributed by atoms with van der Waals surface area (Å²) < 4.78 is 0. The molecule has 1 aliphatic rings. The van der Waals surface area contributed by atoms with Crippen LogP contribution in [0, 0.1) is 30.3 Å². The second-order valence-electron chi connectivity index (χ2n) is 2.96. The zero-order valence-corrected chi connectivity index (χ0v) is 7.55. The van der Waals surface area contributed by atoms with Gasteiger partial charge in [-0.05, 0) is 0 Å². The molecule has 0 aromatic carbocycles. The quantitative estimate of drug-likeness (QED) is 0.384. The molecule has 0 saturated carbocycles. The Labute approximate surface area is 86.9 Å². The van der Waals surface area contributed by atoms with E-state index in [2.05, 4.69) is 0 Å². The summed E-state index contributed by atoms with van der Waals surface area (Å²) in [5, 5.41) is 40.7. The second-order valence-corrected chi connectivity index (χ2v) is 2.96. The van der Waals surface area contributed by atoms with Crippen LogP contribution in [0.25, 0.3) is 0 Å². The van der Waals surface area contributed by atoms with Crippen molar-refractivity contribution in [1.29, 1.82) is 0 Å².